The van der Waals surface area contributed by atoms with E-state index < -0.39 is 5.91 Å². The topological polar surface area (TPSA) is 184 Å². The van der Waals surface area contributed by atoms with Gasteiger partial charge in [-0.15, -0.1) is 0 Å². The first-order valence-corrected chi connectivity index (χ1v) is 10.9. The molecule has 1 aromatic carbocycles. The van der Waals surface area contributed by atoms with Crippen LogP contribution in [0, 0.1) is 0 Å². The van der Waals surface area contributed by atoms with E-state index in [1.807, 2.05) is 31.2 Å². The molecule has 0 unspecified atom stereocenters. The molecule has 0 radical (unpaired) electrons. The molecule has 33 heavy (non-hydrogen) atoms. The van der Waals surface area contributed by atoms with E-state index >= 15 is 0 Å². The van der Waals surface area contributed by atoms with E-state index in [4.69, 9.17) is 33.5 Å². The largest absolute Gasteiger partial charge is 0.484 e. The number of nitrogens with zero attached hydrogens (tertiary/aromatic N) is 3. The summed E-state index contributed by atoms with van der Waals surface area (Å²) in [6.07, 6.45) is 3.36. The van der Waals surface area contributed by atoms with Gasteiger partial charge in [-0.2, -0.15) is 0 Å². The van der Waals surface area contributed by atoms with Gasteiger partial charge in [0.2, 0.25) is 0 Å². The van der Waals surface area contributed by atoms with Crippen LogP contribution in [0.15, 0.2) is 29.3 Å². The van der Waals surface area contributed by atoms with Crippen LogP contribution in [0.1, 0.15) is 42.2 Å². The van der Waals surface area contributed by atoms with E-state index in [9.17, 15) is 9.59 Å². The summed E-state index contributed by atoms with van der Waals surface area (Å²) in [6, 6.07) is 7.60. The number of carbonyl (C=O) groups is 2. The van der Waals surface area contributed by atoms with E-state index in [0.717, 1.165) is 31.2 Å². The first kappa shape index (κ1) is 25.7. The number of nitrogens with one attached hydrogen (secondary N) is 2. The smallest absolute Gasteiger partial charge is 0.280 e. The lowest BCUT2D eigenvalue weighted by molar-refractivity contribution is -0.123. The molecule has 0 aliphatic rings. The number of nitrogen functional groups attached to an aromatic ring is 2. The van der Waals surface area contributed by atoms with E-state index in [2.05, 4.69) is 25.6 Å². The van der Waals surface area contributed by atoms with Crippen LogP contribution in [0.5, 0.6) is 5.75 Å². The zero-order valence-electron chi connectivity index (χ0n) is 18.4. The highest BCUT2D eigenvalue weighted by atomic mass is 35.5. The van der Waals surface area contributed by atoms with Crippen molar-refractivity contribution in [3.63, 3.8) is 0 Å². The van der Waals surface area contributed by atoms with Crippen molar-refractivity contribution in [1.82, 2.24) is 20.6 Å². The highest BCUT2D eigenvalue weighted by Crippen LogP contribution is 2.17. The number of guanidine groups is 1. The highest BCUT2D eigenvalue weighted by Gasteiger charge is 2.16. The van der Waals surface area contributed by atoms with Crippen molar-refractivity contribution in [2.75, 3.05) is 31.2 Å². The van der Waals surface area contributed by atoms with Crippen LogP contribution in [0.3, 0.4) is 0 Å². The standard InChI is InChI=1S/C21H29ClN8O3/c1-2-10-26-15(31)12-33-14-8-6-13(7-9-14)5-3-4-11-27-21(25)30-20(32)16-18(23)29-19(24)17(22)28-16/h6-9H,2-5,10-12H2,1H3,(H,26,31)(H4,23,24,29)(H3,25,27,30,32). The molecule has 0 bridgehead atoms. The van der Waals surface area contributed by atoms with Gasteiger partial charge in [0, 0.05) is 13.1 Å². The molecule has 178 valence electrons. The minimum atomic E-state index is -0.673. The van der Waals surface area contributed by atoms with Gasteiger partial charge in [0.1, 0.15) is 5.75 Å². The molecule has 0 saturated carbocycles. The number of amides is 2. The average molecular weight is 477 g/mol. The minimum absolute atomic E-state index is 0.000152. The number of rotatable bonds is 11. The van der Waals surface area contributed by atoms with Crippen molar-refractivity contribution < 1.29 is 14.3 Å². The summed E-state index contributed by atoms with van der Waals surface area (Å²) >= 11 is 5.77. The van der Waals surface area contributed by atoms with Crippen LogP contribution in [0.25, 0.3) is 0 Å². The van der Waals surface area contributed by atoms with Crippen molar-refractivity contribution in [2.24, 2.45) is 10.7 Å². The number of aromatic nitrogens is 2. The Hall–Kier alpha value is -3.60. The number of ether oxygens (including phenoxy) is 1. The van der Waals surface area contributed by atoms with Crippen molar-refractivity contribution in [3.05, 3.63) is 40.7 Å². The van der Waals surface area contributed by atoms with Crippen LogP contribution in [0.4, 0.5) is 11.6 Å². The van der Waals surface area contributed by atoms with Crippen molar-refractivity contribution in [3.8, 4) is 5.75 Å². The molecule has 0 fully saturated rings. The maximum atomic E-state index is 12.2. The number of carbonyl (C=O) groups excluding carboxylic acids is 2. The molecule has 2 rings (SSSR count). The lowest BCUT2D eigenvalue weighted by atomic mass is 10.1. The Labute approximate surface area is 197 Å². The van der Waals surface area contributed by atoms with Gasteiger partial charge in [-0.25, -0.2) is 9.97 Å². The second kappa shape index (κ2) is 13.1. The molecule has 0 spiro atoms. The fraction of sp³-hybridized carbons (Fsp3) is 0.381. The van der Waals surface area contributed by atoms with E-state index in [1.54, 1.807) is 0 Å². The monoisotopic (exact) mass is 476 g/mol. The fourth-order valence-corrected chi connectivity index (χ4v) is 2.81. The number of anilines is 2. The number of unbranched alkanes of at least 4 members (excludes halogenated alkanes) is 1. The minimum Gasteiger partial charge on any atom is -0.484 e. The Kier molecular flexibility index (Phi) is 10.2. The number of hydrogen-bond acceptors (Lipinski definition) is 8. The van der Waals surface area contributed by atoms with Gasteiger partial charge < -0.3 is 27.3 Å². The Bertz CT molecular complexity index is 982. The summed E-state index contributed by atoms with van der Waals surface area (Å²) < 4.78 is 5.46. The van der Waals surface area contributed by atoms with Gasteiger partial charge in [-0.3, -0.25) is 19.9 Å². The Morgan fingerprint density at radius 2 is 1.85 bits per heavy atom. The maximum Gasteiger partial charge on any atom is 0.280 e. The summed E-state index contributed by atoms with van der Waals surface area (Å²) in [5.74, 6) is -0.438. The molecule has 2 amide bonds. The quantitative estimate of drug-likeness (QED) is 0.182. The molecule has 12 heteroatoms. The fourth-order valence-electron chi connectivity index (χ4n) is 2.68. The molecule has 0 saturated heterocycles. The van der Waals surface area contributed by atoms with Gasteiger partial charge in [0.15, 0.2) is 35.0 Å². The number of halogens is 1. The Morgan fingerprint density at radius 1 is 1.12 bits per heavy atom. The Morgan fingerprint density at radius 3 is 2.55 bits per heavy atom. The van der Waals surface area contributed by atoms with Gasteiger partial charge in [0.25, 0.3) is 11.8 Å². The van der Waals surface area contributed by atoms with Crippen LogP contribution < -0.4 is 32.6 Å². The van der Waals surface area contributed by atoms with Crippen molar-refractivity contribution >= 4 is 41.0 Å². The zero-order valence-corrected chi connectivity index (χ0v) is 19.2. The first-order chi connectivity index (χ1) is 15.8. The first-order valence-electron chi connectivity index (χ1n) is 10.5. The summed E-state index contributed by atoms with van der Waals surface area (Å²) in [6.45, 7) is 3.07. The summed E-state index contributed by atoms with van der Waals surface area (Å²) in [5, 5.41) is 5.03. The summed E-state index contributed by atoms with van der Waals surface area (Å²) in [4.78, 5) is 35.4. The summed E-state index contributed by atoms with van der Waals surface area (Å²) in [7, 11) is 0. The van der Waals surface area contributed by atoms with Crippen LogP contribution in [0.2, 0.25) is 5.15 Å². The van der Waals surface area contributed by atoms with E-state index in [-0.39, 0.29) is 41.0 Å². The second-order valence-electron chi connectivity index (χ2n) is 7.09. The normalized spacial score (nSPS) is 11.2. The third-order valence-electron chi connectivity index (χ3n) is 4.38. The molecule has 0 aliphatic heterocycles. The van der Waals surface area contributed by atoms with E-state index in [1.165, 1.54) is 0 Å². The predicted octanol–water partition coefficient (Wildman–Crippen LogP) is 1.27. The maximum absolute atomic E-state index is 12.2. The number of hydrogen-bond donors (Lipinski definition) is 5. The number of aliphatic imine (C=N–C) groups is 1. The lowest BCUT2D eigenvalue weighted by Gasteiger charge is -2.08. The third-order valence-corrected chi connectivity index (χ3v) is 4.66. The molecule has 0 atom stereocenters. The van der Waals surface area contributed by atoms with Crippen LogP contribution >= 0.6 is 11.6 Å². The third kappa shape index (κ3) is 8.81. The van der Waals surface area contributed by atoms with Gasteiger partial charge in [0.05, 0.1) is 0 Å². The molecule has 2 aromatic rings. The number of nitrogens with two attached hydrogens (primary N) is 3. The highest BCUT2D eigenvalue weighted by molar-refractivity contribution is 6.31. The van der Waals surface area contributed by atoms with Crippen molar-refractivity contribution in [1.29, 1.82) is 0 Å². The van der Waals surface area contributed by atoms with Crippen LogP contribution in [-0.4, -0.2) is 47.4 Å². The van der Waals surface area contributed by atoms with Gasteiger partial charge in [-0.1, -0.05) is 30.7 Å². The SMILES string of the molecule is CCCNC(=O)COc1ccc(CCCCN=C(N)NC(=O)c2nc(Cl)c(N)nc2N)cc1. The molecule has 1 aromatic heterocycles. The second-order valence-corrected chi connectivity index (χ2v) is 7.45. The predicted molar refractivity (Wildman–Crippen MR) is 128 cm³/mol. The molecule has 1 heterocycles. The average Bonchev–Trinajstić information content (AvgIpc) is 2.79. The molecule has 8 N–H and O–H groups in total. The molecular formula is C21H29ClN8O3. The number of benzene rings is 1. The molecule has 0 aliphatic carbocycles. The lowest BCUT2D eigenvalue weighted by Crippen LogP contribution is -2.38. The molecule has 11 nitrogen and oxygen atoms in total. The van der Waals surface area contributed by atoms with Gasteiger partial charge in [-0.05, 0) is 43.4 Å². The summed E-state index contributed by atoms with van der Waals surface area (Å²) in [5.41, 5.74) is 17.8. The van der Waals surface area contributed by atoms with Crippen molar-refractivity contribution in [2.45, 2.75) is 32.6 Å². The zero-order chi connectivity index (χ0) is 24.2. The Balaban J connectivity index is 1.70. The number of aryl methyl sites for hydroxylation is 1. The van der Waals surface area contributed by atoms with Crippen LogP contribution in [-0.2, 0) is 11.2 Å². The molecular weight excluding hydrogens is 448 g/mol. The van der Waals surface area contributed by atoms with E-state index in [0.29, 0.717) is 18.8 Å². The van der Waals surface area contributed by atoms with Gasteiger partial charge >= 0.3 is 0 Å².